The fourth-order valence-corrected chi connectivity index (χ4v) is 3.10. The molecular weight excluding hydrogens is 294 g/mol. The molecule has 0 aromatic heterocycles. The first kappa shape index (κ1) is 13.4. The quantitative estimate of drug-likeness (QED) is 0.797. The predicted octanol–water partition coefficient (Wildman–Crippen LogP) is 2.23. The van der Waals surface area contributed by atoms with Crippen LogP contribution in [0.3, 0.4) is 0 Å². The molecule has 5 N–H and O–H groups in total. The molecule has 1 amide bonds. The van der Waals surface area contributed by atoms with Gasteiger partial charge in [-0.25, -0.2) is 0 Å². The van der Waals surface area contributed by atoms with Crippen LogP contribution in [-0.2, 0) is 0 Å². The van der Waals surface area contributed by atoms with Crippen molar-refractivity contribution in [3.63, 3.8) is 0 Å². The molecule has 1 aromatic carbocycles. The number of anilines is 1. The van der Waals surface area contributed by atoms with Gasteiger partial charge in [0.05, 0.1) is 5.56 Å². The van der Waals surface area contributed by atoms with Crippen LogP contribution in [0, 0.1) is 0 Å². The van der Waals surface area contributed by atoms with Crippen molar-refractivity contribution < 1.29 is 4.79 Å². The molecule has 1 saturated carbocycles. The largest absolute Gasteiger partial charge is 0.378 e. The van der Waals surface area contributed by atoms with E-state index in [9.17, 15) is 4.79 Å². The highest BCUT2D eigenvalue weighted by atomic mass is 79.9. The fourth-order valence-electron chi connectivity index (χ4n) is 2.53. The summed E-state index contributed by atoms with van der Waals surface area (Å²) >= 11 is 3.36. The number of halogens is 1. The second kappa shape index (κ2) is 5.28. The molecule has 0 unspecified atom stereocenters. The average Bonchev–Trinajstić information content (AvgIpc) is 2.78. The van der Waals surface area contributed by atoms with Gasteiger partial charge in [0.15, 0.2) is 0 Å². The van der Waals surface area contributed by atoms with Crippen molar-refractivity contribution in [3.05, 3.63) is 28.2 Å². The first-order valence-corrected chi connectivity index (χ1v) is 6.93. The van der Waals surface area contributed by atoms with E-state index in [0.29, 0.717) is 16.6 Å². The number of hydrogen-bond donors (Lipinski definition) is 3. The summed E-state index contributed by atoms with van der Waals surface area (Å²) in [5, 5.41) is 3.50. The lowest BCUT2D eigenvalue weighted by Crippen LogP contribution is -2.42. The first-order chi connectivity index (χ1) is 8.56. The summed E-state index contributed by atoms with van der Waals surface area (Å²) in [5.74, 6) is -0.428. The van der Waals surface area contributed by atoms with Crippen LogP contribution in [0.1, 0.15) is 36.0 Å². The average molecular weight is 312 g/mol. The molecule has 0 atom stereocenters. The minimum Gasteiger partial charge on any atom is -0.378 e. The summed E-state index contributed by atoms with van der Waals surface area (Å²) in [6, 6.07) is 5.49. The Hall–Kier alpha value is -1.07. The van der Waals surface area contributed by atoms with Crippen LogP contribution in [0.2, 0.25) is 0 Å². The van der Waals surface area contributed by atoms with Gasteiger partial charge >= 0.3 is 0 Å². The number of benzene rings is 1. The minimum absolute atomic E-state index is 0.00762. The smallest absolute Gasteiger partial charge is 0.249 e. The number of primary amides is 1. The number of amides is 1. The Labute approximate surface area is 115 Å². The molecule has 0 heterocycles. The molecule has 2 rings (SSSR count). The van der Waals surface area contributed by atoms with Crippen LogP contribution in [-0.4, -0.2) is 18.0 Å². The summed E-state index contributed by atoms with van der Waals surface area (Å²) in [4.78, 5) is 11.1. The molecule has 5 heteroatoms. The van der Waals surface area contributed by atoms with Crippen LogP contribution in [0.4, 0.5) is 5.69 Å². The third-order valence-electron chi connectivity index (χ3n) is 3.60. The molecule has 1 fully saturated rings. The van der Waals surface area contributed by atoms with Crippen molar-refractivity contribution in [2.24, 2.45) is 11.5 Å². The summed E-state index contributed by atoms with van der Waals surface area (Å²) in [7, 11) is 0. The van der Waals surface area contributed by atoms with E-state index in [4.69, 9.17) is 11.5 Å². The summed E-state index contributed by atoms with van der Waals surface area (Å²) in [6.45, 7) is 0.627. The maximum atomic E-state index is 11.1. The van der Waals surface area contributed by atoms with Crippen molar-refractivity contribution in [3.8, 4) is 0 Å². The Bertz CT molecular complexity index is 456. The van der Waals surface area contributed by atoms with Gasteiger partial charge in [-0.15, -0.1) is 0 Å². The topological polar surface area (TPSA) is 81.1 Å². The van der Waals surface area contributed by atoms with E-state index in [2.05, 4.69) is 21.2 Å². The van der Waals surface area contributed by atoms with E-state index >= 15 is 0 Å². The Morgan fingerprint density at radius 3 is 2.56 bits per heavy atom. The maximum Gasteiger partial charge on any atom is 0.249 e. The van der Waals surface area contributed by atoms with Gasteiger partial charge < -0.3 is 16.8 Å². The Kier molecular flexibility index (Phi) is 3.92. The van der Waals surface area contributed by atoms with Gasteiger partial charge in [-0.05, 0) is 47.0 Å². The van der Waals surface area contributed by atoms with Crippen molar-refractivity contribution in [2.75, 3.05) is 11.9 Å². The molecule has 0 saturated heterocycles. The van der Waals surface area contributed by atoms with Crippen molar-refractivity contribution in [1.29, 1.82) is 0 Å². The van der Waals surface area contributed by atoms with Gasteiger partial charge in [0.25, 0.3) is 0 Å². The lowest BCUT2D eigenvalue weighted by Gasteiger charge is -2.30. The van der Waals surface area contributed by atoms with Crippen LogP contribution >= 0.6 is 15.9 Å². The third kappa shape index (κ3) is 2.67. The van der Waals surface area contributed by atoms with E-state index in [1.54, 1.807) is 6.07 Å². The lowest BCUT2D eigenvalue weighted by molar-refractivity contribution is 0.0999. The molecule has 1 aliphatic carbocycles. The predicted molar refractivity (Wildman–Crippen MR) is 76.5 cm³/mol. The van der Waals surface area contributed by atoms with E-state index in [1.165, 1.54) is 12.8 Å². The zero-order valence-electron chi connectivity index (χ0n) is 10.2. The summed E-state index contributed by atoms with van der Waals surface area (Å²) in [6.07, 6.45) is 4.62. The van der Waals surface area contributed by atoms with E-state index in [1.807, 2.05) is 12.1 Å². The molecule has 4 nitrogen and oxygen atoms in total. The zero-order chi connectivity index (χ0) is 13.2. The second-order valence-electron chi connectivity index (χ2n) is 4.88. The van der Waals surface area contributed by atoms with Crippen molar-refractivity contribution >= 4 is 27.5 Å². The standard InChI is InChI=1S/C13H18BrN3O/c14-11-7-9(3-4-10(11)12(16)18)17-13(8-15)5-1-2-6-13/h3-4,7,17H,1-2,5-6,8,15H2,(H2,16,18). The number of nitrogens with one attached hydrogen (secondary N) is 1. The highest BCUT2D eigenvalue weighted by Gasteiger charge is 2.32. The van der Waals surface area contributed by atoms with Crippen molar-refractivity contribution in [2.45, 2.75) is 31.2 Å². The lowest BCUT2D eigenvalue weighted by atomic mass is 9.97. The highest BCUT2D eigenvalue weighted by Crippen LogP contribution is 2.33. The van der Waals surface area contributed by atoms with Gasteiger partial charge in [-0.3, -0.25) is 4.79 Å². The molecule has 1 aromatic rings. The first-order valence-electron chi connectivity index (χ1n) is 6.14. The van der Waals surface area contributed by atoms with Gasteiger partial charge in [0.2, 0.25) is 5.91 Å². The van der Waals surface area contributed by atoms with Gasteiger partial charge in [-0.1, -0.05) is 12.8 Å². The second-order valence-corrected chi connectivity index (χ2v) is 5.73. The van der Waals surface area contributed by atoms with E-state index in [0.717, 1.165) is 18.5 Å². The van der Waals surface area contributed by atoms with E-state index in [-0.39, 0.29) is 5.54 Å². The summed E-state index contributed by atoms with van der Waals surface area (Å²) < 4.78 is 0.713. The third-order valence-corrected chi connectivity index (χ3v) is 4.25. The number of nitrogens with two attached hydrogens (primary N) is 2. The Morgan fingerprint density at radius 1 is 1.39 bits per heavy atom. The number of hydrogen-bond acceptors (Lipinski definition) is 3. The van der Waals surface area contributed by atoms with Crippen molar-refractivity contribution in [1.82, 2.24) is 0 Å². The highest BCUT2D eigenvalue weighted by molar-refractivity contribution is 9.10. The molecule has 0 bridgehead atoms. The normalized spacial score (nSPS) is 17.7. The Morgan fingerprint density at radius 2 is 2.06 bits per heavy atom. The molecule has 0 aliphatic heterocycles. The molecule has 18 heavy (non-hydrogen) atoms. The zero-order valence-corrected chi connectivity index (χ0v) is 11.8. The number of carbonyl (C=O) groups excluding carboxylic acids is 1. The van der Waals surface area contributed by atoms with Gasteiger partial charge in [-0.2, -0.15) is 0 Å². The van der Waals surface area contributed by atoms with Gasteiger partial charge in [0, 0.05) is 22.2 Å². The number of carbonyl (C=O) groups is 1. The monoisotopic (exact) mass is 311 g/mol. The number of rotatable bonds is 4. The maximum absolute atomic E-state index is 11.1. The van der Waals surface area contributed by atoms with Crippen LogP contribution in [0.25, 0.3) is 0 Å². The minimum atomic E-state index is -0.428. The van der Waals surface area contributed by atoms with Crippen LogP contribution in [0.15, 0.2) is 22.7 Å². The molecule has 1 aliphatic rings. The van der Waals surface area contributed by atoms with Crippen LogP contribution < -0.4 is 16.8 Å². The molecule has 0 radical (unpaired) electrons. The SMILES string of the molecule is NCC1(Nc2ccc(C(N)=O)c(Br)c2)CCCC1. The molecular formula is C13H18BrN3O. The van der Waals surface area contributed by atoms with Crippen LogP contribution in [0.5, 0.6) is 0 Å². The Balaban J connectivity index is 2.19. The summed E-state index contributed by atoms with van der Waals surface area (Å²) in [5.41, 5.74) is 12.6. The molecule has 0 spiro atoms. The van der Waals surface area contributed by atoms with Gasteiger partial charge in [0.1, 0.15) is 0 Å². The molecule has 98 valence electrons. The fraction of sp³-hybridized carbons (Fsp3) is 0.462. The van der Waals surface area contributed by atoms with E-state index < -0.39 is 5.91 Å².